The van der Waals surface area contributed by atoms with E-state index >= 15 is 0 Å². The second kappa shape index (κ2) is 6.80. The van der Waals surface area contributed by atoms with Crippen molar-refractivity contribution < 1.29 is 0 Å². The highest BCUT2D eigenvalue weighted by atomic mass is 35.5. The first-order chi connectivity index (χ1) is 11.1. The summed E-state index contributed by atoms with van der Waals surface area (Å²) < 4.78 is 1.87. The second-order valence-electron chi connectivity index (χ2n) is 5.27. The lowest BCUT2D eigenvalue weighted by Gasteiger charge is -2.16. The molecule has 3 heterocycles. The van der Waals surface area contributed by atoms with Crippen LogP contribution in [-0.4, -0.2) is 41.4 Å². The number of imidazole rings is 1. The van der Waals surface area contributed by atoms with Gasteiger partial charge in [-0.05, 0) is 7.05 Å². The van der Waals surface area contributed by atoms with Gasteiger partial charge in [-0.3, -0.25) is 4.90 Å². The Kier molecular flexibility index (Phi) is 4.59. The molecule has 118 valence electrons. The third kappa shape index (κ3) is 3.69. The Bertz CT molecular complexity index is 770. The molecular formula is C15H16ClN7. The molecule has 23 heavy (non-hydrogen) atoms. The van der Waals surface area contributed by atoms with Crippen LogP contribution in [0.15, 0.2) is 37.3 Å². The van der Waals surface area contributed by atoms with Crippen molar-refractivity contribution in [2.45, 2.75) is 13.1 Å². The van der Waals surface area contributed by atoms with E-state index in [4.69, 9.17) is 11.6 Å². The average molecular weight is 330 g/mol. The molecule has 0 radical (unpaired) electrons. The Balaban J connectivity index is 1.65. The summed E-state index contributed by atoms with van der Waals surface area (Å²) in [6.45, 7) is 1.41. The second-order valence-corrected chi connectivity index (χ2v) is 5.66. The smallest absolute Gasteiger partial charge is 0.162 e. The van der Waals surface area contributed by atoms with E-state index in [2.05, 4.69) is 29.8 Å². The zero-order valence-electron chi connectivity index (χ0n) is 12.9. The topological polar surface area (TPSA) is 72.6 Å². The molecule has 0 atom stereocenters. The van der Waals surface area contributed by atoms with Crippen molar-refractivity contribution in [2.75, 3.05) is 7.05 Å². The summed E-state index contributed by atoms with van der Waals surface area (Å²) in [4.78, 5) is 23.1. The highest BCUT2D eigenvalue weighted by Gasteiger charge is 2.09. The van der Waals surface area contributed by atoms with Gasteiger partial charge in [0.15, 0.2) is 5.82 Å². The van der Waals surface area contributed by atoms with E-state index < -0.39 is 0 Å². The minimum Gasteiger partial charge on any atom is -0.321 e. The zero-order chi connectivity index (χ0) is 16.2. The molecule has 0 amide bonds. The maximum Gasteiger partial charge on any atom is 0.162 e. The van der Waals surface area contributed by atoms with Gasteiger partial charge in [-0.2, -0.15) is 0 Å². The van der Waals surface area contributed by atoms with Gasteiger partial charge in [0.25, 0.3) is 0 Å². The van der Waals surface area contributed by atoms with Gasteiger partial charge in [-0.15, -0.1) is 0 Å². The van der Waals surface area contributed by atoms with Crippen LogP contribution in [0.5, 0.6) is 0 Å². The maximum absolute atomic E-state index is 6.00. The maximum atomic E-state index is 6.00. The Labute approximate surface area is 139 Å². The predicted molar refractivity (Wildman–Crippen MR) is 86.4 cm³/mol. The zero-order valence-corrected chi connectivity index (χ0v) is 13.6. The van der Waals surface area contributed by atoms with Gasteiger partial charge in [0, 0.05) is 43.9 Å². The third-order valence-corrected chi connectivity index (χ3v) is 3.77. The average Bonchev–Trinajstić information content (AvgIpc) is 2.88. The summed E-state index contributed by atoms with van der Waals surface area (Å²) >= 11 is 6.00. The van der Waals surface area contributed by atoms with Gasteiger partial charge in [-0.1, -0.05) is 11.6 Å². The van der Waals surface area contributed by atoms with Crippen LogP contribution in [0.3, 0.4) is 0 Å². The molecule has 3 aromatic heterocycles. The molecule has 0 spiro atoms. The summed E-state index contributed by atoms with van der Waals surface area (Å²) in [6, 6.07) is 0. The molecule has 3 aromatic rings. The van der Waals surface area contributed by atoms with Crippen LogP contribution in [-0.2, 0) is 20.1 Å². The number of nitrogens with zero attached hydrogens (tertiary/aromatic N) is 7. The molecule has 0 aliphatic rings. The predicted octanol–water partition coefficient (Wildman–Crippen LogP) is 1.95. The number of hydrogen-bond donors (Lipinski definition) is 0. The van der Waals surface area contributed by atoms with Crippen molar-refractivity contribution in [3.8, 4) is 11.4 Å². The minimum absolute atomic E-state index is 0.618. The molecule has 0 aliphatic heterocycles. The quantitative estimate of drug-likeness (QED) is 0.712. The number of halogens is 1. The summed E-state index contributed by atoms with van der Waals surface area (Å²) in [5.74, 6) is 1.53. The Morgan fingerprint density at radius 1 is 1.00 bits per heavy atom. The lowest BCUT2D eigenvalue weighted by atomic mass is 10.3. The first-order valence-electron chi connectivity index (χ1n) is 7.04. The molecular weight excluding hydrogens is 314 g/mol. The molecule has 0 bridgehead atoms. The van der Waals surface area contributed by atoms with Crippen LogP contribution < -0.4 is 0 Å². The van der Waals surface area contributed by atoms with E-state index in [1.807, 2.05) is 31.1 Å². The van der Waals surface area contributed by atoms with Crippen molar-refractivity contribution in [3.63, 3.8) is 0 Å². The van der Waals surface area contributed by atoms with Gasteiger partial charge in [-0.25, -0.2) is 24.9 Å². The van der Waals surface area contributed by atoms with Gasteiger partial charge in [0.1, 0.15) is 17.3 Å². The van der Waals surface area contributed by atoms with Gasteiger partial charge >= 0.3 is 0 Å². The Morgan fingerprint density at radius 3 is 2.30 bits per heavy atom. The molecule has 0 N–H and O–H groups in total. The molecule has 0 aliphatic carbocycles. The van der Waals surface area contributed by atoms with Crippen molar-refractivity contribution in [1.29, 1.82) is 0 Å². The number of aromatic nitrogens is 6. The van der Waals surface area contributed by atoms with Crippen LogP contribution in [0, 0.1) is 0 Å². The highest BCUT2D eigenvalue weighted by Crippen LogP contribution is 2.13. The van der Waals surface area contributed by atoms with Gasteiger partial charge in [0.05, 0.1) is 18.3 Å². The SMILES string of the molecule is CN(Cc1cnc(-c2cncnc2)nc1)Cc1ncc(Cl)n1C. The molecule has 7 nitrogen and oxygen atoms in total. The van der Waals surface area contributed by atoms with Gasteiger partial charge < -0.3 is 4.57 Å². The molecule has 0 saturated heterocycles. The molecule has 0 saturated carbocycles. The molecule has 8 heteroatoms. The molecule has 0 fully saturated rings. The number of hydrogen-bond acceptors (Lipinski definition) is 6. The van der Waals surface area contributed by atoms with E-state index in [-0.39, 0.29) is 0 Å². The Hall–Kier alpha value is -2.38. The van der Waals surface area contributed by atoms with Crippen LogP contribution in [0.4, 0.5) is 0 Å². The largest absolute Gasteiger partial charge is 0.321 e. The van der Waals surface area contributed by atoms with Crippen molar-refractivity contribution in [2.24, 2.45) is 7.05 Å². The third-order valence-electron chi connectivity index (χ3n) is 3.42. The molecule has 0 aromatic carbocycles. The van der Waals surface area contributed by atoms with Crippen LogP contribution in [0.2, 0.25) is 5.15 Å². The van der Waals surface area contributed by atoms with E-state index in [1.165, 1.54) is 6.33 Å². The van der Waals surface area contributed by atoms with E-state index in [9.17, 15) is 0 Å². The van der Waals surface area contributed by atoms with Crippen molar-refractivity contribution in [1.82, 2.24) is 34.4 Å². The van der Waals surface area contributed by atoms with Gasteiger partial charge in [0.2, 0.25) is 0 Å². The summed E-state index contributed by atoms with van der Waals surface area (Å²) in [5.41, 5.74) is 1.82. The fourth-order valence-electron chi connectivity index (χ4n) is 2.18. The Morgan fingerprint density at radius 2 is 1.70 bits per heavy atom. The van der Waals surface area contributed by atoms with E-state index in [0.717, 1.165) is 23.5 Å². The molecule has 3 rings (SSSR count). The lowest BCUT2D eigenvalue weighted by molar-refractivity contribution is 0.306. The normalized spacial score (nSPS) is 11.1. The van der Waals surface area contributed by atoms with Crippen LogP contribution in [0.1, 0.15) is 11.4 Å². The summed E-state index contributed by atoms with van der Waals surface area (Å²) in [6.07, 6.45) is 10.2. The van der Waals surface area contributed by atoms with Crippen LogP contribution in [0.25, 0.3) is 11.4 Å². The number of rotatable bonds is 5. The lowest BCUT2D eigenvalue weighted by Crippen LogP contribution is -2.19. The first-order valence-corrected chi connectivity index (χ1v) is 7.42. The van der Waals surface area contributed by atoms with E-state index in [0.29, 0.717) is 17.5 Å². The fraction of sp³-hybridized carbons (Fsp3) is 0.267. The summed E-state index contributed by atoms with van der Waals surface area (Å²) in [7, 11) is 3.92. The summed E-state index contributed by atoms with van der Waals surface area (Å²) in [5, 5.41) is 0.631. The monoisotopic (exact) mass is 329 g/mol. The van der Waals surface area contributed by atoms with Crippen molar-refractivity contribution in [3.05, 3.63) is 53.9 Å². The fourth-order valence-corrected chi connectivity index (χ4v) is 2.33. The van der Waals surface area contributed by atoms with Crippen LogP contribution >= 0.6 is 11.6 Å². The first kappa shape index (κ1) is 15.5. The highest BCUT2D eigenvalue weighted by molar-refractivity contribution is 6.29. The van der Waals surface area contributed by atoms with E-state index in [1.54, 1.807) is 18.6 Å². The minimum atomic E-state index is 0.618. The standard InChI is InChI=1S/C15H16ClN7/c1-22(9-14-19-7-13(16)23(14)2)8-11-3-20-15(21-4-11)12-5-17-10-18-6-12/h3-7,10H,8-9H2,1-2H3. The molecule has 0 unspecified atom stereocenters. The van der Waals surface area contributed by atoms with Crippen molar-refractivity contribution >= 4 is 11.6 Å².